The van der Waals surface area contributed by atoms with Crippen molar-refractivity contribution in [3.8, 4) is 5.06 Å². The number of nitrogens with two attached hydrogens (primary N) is 1. The number of benzene rings is 1. The summed E-state index contributed by atoms with van der Waals surface area (Å²) in [6, 6.07) is 8.94. The van der Waals surface area contributed by atoms with Gasteiger partial charge in [0.05, 0.1) is 9.85 Å². The summed E-state index contributed by atoms with van der Waals surface area (Å²) in [6.45, 7) is 0.288. The summed E-state index contributed by atoms with van der Waals surface area (Å²) >= 11 is 7.10. The van der Waals surface area contributed by atoms with Gasteiger partial charge in [-0.1, -0.05) is 29.0 Å². The molecule has 1 saturated heterocycles. The Bertz CT molecular complexity index is 1090. The molecule has 1 aliphatic heterocycles. The van der Waals surface area contributed by atoms with E-state index in [4.69, 9.17) is 22.1 Å². The number of amides is 2. The number of rotatable bonds is 6. The van der Waals surface area contributed by atoms with Crippen LogP contribution in [0.2, 0.25) is 4.34 Å². The van der Waals surface area contributed by atoms with Gasteiger partial charge in [0, 0.05) is 18.4 Å². The number of ether oxygens (including phenoxy) is 1. The fourth-order valence-electron chi connectivity index (χ4n) is 3.40. The van der Waals surface area contributed by atoms with Crippen molar-refractivity contribution in [2.75, 3.05) is 18.9 Å². The van der Waals surface area contributed by atoms with Crippen LogP contribution in [0.3, 0.4) is 0 Å². The smallest absolute Gasteiger partial charge is 0.258 e. The third kappa shape index (κ3) is 4.10. The van der Waals surface area contributed by atoms with Gasteiger partial charge in [-0.25, -0.2) is 9.97 Å². The second kappa shape index (κ2) is 7.84. The summed E-state index contributed by atoms with van der Waals surface area (Å²) in [6.07, 6.45) is 2.21. The second-order valence-electron chi connectivity index (χ2n) is 6.77. The van der Waals surface area contributed by atoms with E-state index < -0.39 is 5.54 Å². The number of nitrogen functional groups attached to an aromatic ring is 1. The normalized spacial score (nSPS) is 18.6. The molecule has 10 heteroatoms. The van der Waals surface area contributed by atoms with Crippen LogP contribution in [-0.4, -0.2) is 40.5 Å². The maximum absolute atomic E-state index is 12.6. The van der Waals surface area contributed by atoms with E-state index in [9.17, 15) is 9.59 Å². The molecule has 1 aromatic carbocycles. The van der Waals surface area contributed by atoms with Crippen molar-refractivity contribution in [3.05, 3.63) is 46.6 Å². The predicted molar refractivity (Wildman–Crippen MR) is 111 cm³/mol. The molecule has 0 radical (unpaired) electrons. The average molecular weight is 432 g/mol. The molecule has 0 aliphatic carbocycles. The van der Waals surface area contributed by atoms with Gasteiger partial charge in [0.1, 0.15) is 17.7 Å². The number of anilines is 1. The highest BCUT2D eigenvalue weighted by molar-refractivity contribution is 7.17. The van der Waals surface area contributed by atoms with E-state index >= 15 is 0 Å². The van der Waals surface area contributed by atoms with E-state index in [0.717, 1.165) is 10.9 Å². The lowest BCUT2D eigenvalue weighted by Gasteiger charge is -2.27. The third-order valence-electron chi connectivity index (χ3n) is 4.78. The van der Waals surface area contributed by atoms with E-state index in [2.05, 4.69) is 20.6 Å². The highest BCUT2D eigenvalue weighted by atomic mass is 35.5. The standard InChI is InChI=1S/C19H18ClN5O3S/c20-14-3-4-16(29-14)28-9-15(26)25-19(5-6-22-18(19)27)8-11-1-2-12-13(7-11)23-10-24-17(12)21/h1-4,7,10H,5-6,8-9H2,(H,22,27)(H,25,26)(H2,21,23,24)/t19-/m1/s1. The van der Waals surface area contributed by atoms with Gasteiger partial charge in [-0.05, 0) is 36.2 Å². The minimum atomic E-state index is -1.04. The van der Waals surface area contributed by atoms with Crippen LogP contribution >= 0.6 is 22.9 Å². The minimum absolute atomic E-state index is 0.201. The number of carbonyl (C=O) groups is 2. The Hall–Kier alpha value is -2.91. The largest absolute Gasteiger partial charge is 0.474 e. The number of halogens is 1. The Kier molecular flexibility index (Phi) is 5.25. The van der Waals surface area contributed by atoms with Crippen LogP contribution in [-0.2, 0) is 16.0 Å². The first-order valence-electron chi connectivity index (χ1n) is 8.92. The summed E-state index contributed by atoms with van der Waals surface area (Å²) in [5, 5.41) is 6.96. The lowest BCUT2D eigenvalue weighted by Crippen LogP contribution is -2.56. The molecule has 2 amide bonds. The zero-order valence-corrected chi connectivity index (χ0v) is 16.8. The van der Waals surface area contributed by atoms with Gasteiger partial charge in [-0.3, -0.25) is 9.59 Å². The van der Waals surface area contributed by atoms with Crippen molar-refractivity contribution < 1.29 is 14.3 Å². The Morgan fingerprint density at radius 2 is 2.21 bits per heavy atom. The number of thiophene rings is 1. The molecule has 29 heavy (non-hydrogen) atoms. The van der Waals surface area contributed by atoms with Crippen molar-refractivity contribution in [1.82, 2.24) is 20.6 Å². The molecule has 0 unspecified atom stereocenters. The molecule has 1 aliphatic rings. The predicted octanol–water partition coefficient (Wildman–Crippen LogP) is 1.92. The van der Waals surface area contributed by atoms with Crippen LogP contribution in [0.25, 0.3) is 10.9 Å². The van der Waals surface area contributed by atoms with E-state index in [1.54, 1.807) is 12.1 Å². The topological polar surface area (TPSA) is 119 Å². The Balaban J connectivity index is 1.51. The van der Waals surface area contributed by atoms with Crippen LogP contribution < -0.4 is 21.1 Å². The number of aromatic nitrogens is 2. The summed E-state index contributed by atoms with van der Waals surface area (Å²) < 4.78 is 6.04. The molecular formula is C19H18ClN5O3S. The lowest BCUT2D eigenvalue weighted by atomic mass is 9.88. The zero-order valence-electron chi connectivity index (χ0n) is 15.3. The van der Waals surface area contributed by atoms with Gasteiger partial charge >= 0.3 is 0 Å². The number of nitrogens with one attached hydrogen (secondary N) is 2. The van der Waals surface area contributed by atoms with Crippen LogP contribution in [0.1, 0.15) is 12.0 Å². The van der Waals surface area contributed by atoms with E-state index in [1.807, 2.05) is 18.2 Å². The van der Waals surface area contributed by atoms with Crippen LogP contribution in [0.15, 0.2) is 36.7 Å². The number of fused-ring (bicyclic) bond motifs is 1. The van der Waals surface area contributed by atoms with Crippen molar-refractivity contribution in [1.29, 1.82) is 0 Å². The molecule has 150 valence electrons. The van der Waals surface area contributed by atoms with Gasteiger partial charge in [0.15, 0.2) is 11.7 Å². The molecule has 1 fully saturated rings. The van der Waals surface area contributed by atoms with Crippen LogP contribution in [0, 0.1) is 0 Å². The fourth-order valence-corrected chi connectivity index (χ4v) is 4.27. The number of nitrogens with zero attached hydrogens (tertiary/aromatic N) is 2. The number of hydrogen-bond donors (Lipinski definition) is 3. The Morgan fingerprint density at radius 3 is 2.93 bits per heavy atom. The third-order valence-corrected chi connectivity index (χ3v) is 5.93. The molecule has 4 N–H and O–H groups in total. The van der Waals surface area contributed by atoms with Gasteiger partial charge < -0.3 is 21.1 Å². The SMILES string of the molecule is Nc1ncnc2cc(C[C@]3(NC(=O)COc4ccc(Cl)s4)CCNC3=O)ccc12. The summed E-state index contributed by atoms with van der Waals surface area (Å²) in [7, 11) is 0. The van der Waals surface area contributed by atoms with Gasteiger partial charge in [-0.2, -0.15) is 0 Å². The van der Waals surface area contributed by atoms with Gasteiger partial charge in [-0.15, -0.1) is 0 Å². The summed E-state index contributed by atoms with van der Waals surface area (Å²) in [5.41, 5.74) is 6.38. The monoisotopic (exact) mass is 431 g/mol. The van der Waals surface area contributed by atoms with Gasteiger partial charge in [0.2, 0.25) is 5.91 Å². The molecule has 0 saturated carbocycles. The highest BCUT2D eigenvalue weighted by Gasteiger charge is 2.43. The molecule has 4 rings (SSSR count). The minimum Gasteiger partial charge on any atom is -0.474 e. The summed E-state index contributed by atoms with van der Waals surface area (Å²) in [5.74, 6) is -0.194. The fraction of sp³-hybridized carbons (Fsp3) is 0.263. The van der Waals surface area contributed by atoms with Crippen molar-refractivity contribution in [3.63, 3.8) is 0 Å². The molecule has 0 bridgehead atoms. The maximum Gasteiger partial charge on any atom is 0.258 e. The lowest BCUT2D eigenvalue weighted by molar-refractivity contribution is -0.132. The zero-order chi connectivity index (χ0) is 20.4. The first kappa shape index (κ1) is 19.4. The van der Waals surface area contributed by atoms with Crippen molar-refractivity contribution in [2.45, 2.75) is 18.4 Å². The first-order chi connectivity index (χ1) is 13.9. The molecule has 8 nitrogen and oxygen atoms in total. The Morgan fingerprint density at radius 1 is 1.34 bits per heavy atom. The van der Waals surface area contributed by atoms with Gasteiger partial charge in [0.25, 0.3) is 5.91 Å². The molecule has 0 spiro atoms. The quantitative estimate of drug-likeness (QED) is 0.548. The van der Waals surface area contributed by atoms with Crippen LogP contribution in [0.4, 0.5) is 5.82 Å². The summed E-state index contributed by atoms with van der Waals surface area (Å²) in [4.78, 5) is 33.3. The number of carbonyl (C=O) groups excluding carboxylic acids is 2. The van der Waals surface area contributed by atoms with Crippen molar-refractivity contribution in [2.24, 2.45) is 0 Å². The first-order valence-corrected chi connectivity index (χ1v) is 10.1. The van der Waals surface area contributed by atoms with E-state index in [-0.39, 0.29) is 18.4 Å². The molecule has 3 aromatic rings. The van der Waals surface area contributed by atoms with Crippen LogP contribution in [0.5, 0.6) is 5.06 Å². The molecule has 3 heterocycles. The Labute approximate surface area is 175 Å². The molecular weight excluding hydrogens is 414 g/mol. The van der Waals surface area contributed by atoms with Crippen molar-refractivity contribution >= 4 is 51.5 Å². The van der Waals surface area contributed by atoms with E-state index in [1.165, 1.54) is 17.7 Å². The number of hydrogen-bond acceptors (Lipinski definition) is 7. The highest BCUT2D eigenvalue weighted by Crippen LogP contribution is 2.28. The van der Waals surface area contributed by atoms with E-state index in [0.29, 0.717) is 40.1 Å². The maximum atomic E-state index is 12.6. The second-order valence-corrected chi connectivity index (χ2v) is 8.45. The molecule has 1 atom stereocenters. The average Bonchev–Trinajstić information content (AvgIpc) is 3.26. The molecule has 2 aromatic heterocycles.